The highest BCUT2D eigenvalue weighted by Gasteiger charge is 2.17. The first-order chi connectivity index (χ1) is 11.9. The number of anilines is 1. The van der Waals surface area contributed by atoms with Gasteiger partial charge < -0.3 is 24.4 Å². The van der Waals surface area contributed by atoms with Gasteiger partial charge in [0, 0.05) is 12.8 Å². The Morgan fingerprint density at radius 3 is 2.60 bits per heavy atom. The van der Waals surface area contributed by atoms with E-state index < -0.39 is 5.97 Å². The minimum absolute atomic E-state index is 0.0192. The Bertz CT molecular complexity index is 771. The number of amides is 1. The molecule has 9 heteroatoms. The van der Waals surface area contributed by atoms with Gasteiger partial charge in [0.1, 0.15) is 0 Å². The number of hydrogen-bond acceptors (Lipinski definition) is 7. The Morgan fingerprint density at radius 2 is 2.04 bits per heavy atom. The number of carbonyl (C=O) groups excluding carboxylic acids is 1. The SMILES string of the molecule is COc1cc(C(=O)O)cc(NC(=O)CCCc2nc(C)no2)c1OC. The van der Waals surface area contributed by atoms with Gasteiger partial charge in [-0.15, -0.1) is 0 Å². The molecular formula is C16H19N3O6. The van der Waals surface area contributed by atoms with Crippen molar-refractivity contribution in [1.82, 2.24) is 10.1 Å². The van der Waals surface area contributed by atoms with Crippen LogP contribution in [0.2, 0.25) is 0 Å². The number of hydrogen-bond donors (Lipinski definition) is 2. The summed E-state index contributed by atoms with van der Waals surface area (Å²) in [5.41, 5.74) is 0.215. The molecule has 0 unspecified atom stereocenters. The molecule has 0 aliphatic heterocycles. The molecule has 2 N–H and O–H groups in total. The lowest BCUT2D eigenvalue weighted by molar-refractivity contribution is -0.116. The number of carboxylic acids is 1. The zero-order valence-electron chi connectivity index (χ0n) is 14.2. The third-order valence-corrected chi connectivity index (χ3v) is 3.36. The molecule has 1 amide bonds. The first-order valence-electron chi connectivity index (χ1n) is 7.53. The fourth-order valence-electron chi connectivity index (χ4n) is 2.24. The van der Waals surface area contributed by atoms with Gasteiger partial charge in [-0.1, -0.05) is 5.16 Å². The van der Waals surface area contributed by atoms with E-state index >= 15 is 0 Å². The van der Waals surface area contributed by atoms with Crippen molar-refractivity contribution in [2.45, 2.75) is 26.2 Å². The molecule has 9 nitrogen and oxygen atoms in total. The largest absolute Gasteiger partial charge is 0.493 e. The summed E-state index contributed by atoms with van der Waals surface area (Å²) in [4.78, 5) is 27.4. The second-order valence-corrected chi connectivity index (χ2v) is 5.20. The number of rotatable bonds is 8. The molecule has 134 valence electrons. The van der Waals surface area contributed by atoms with E-state index in [2.05, 4.69) is 15.5 Å². The van der Waals surface area contributed by atoms with Crippen LogP contribution in [0.15, 0.2) is 16.7 Å². The van der Waals surface area contributed by atoms with E-state index in [0.29, 0.717) is 24.6 Å². The minimum Gasteiger partial charge on any atom is -0.493 e. The summed E-state index contributed by atoms with van der Waals surface area (Å²) in [6.45, 7) is 1.72. The molecule has 0 spiro atoms. The number of ether oxygens (including phenoxy) is 2. The van der Waals surface area contributed by atoms with E-state index in [9.17, 15) is 9.59 Å². The van der Waals surface area contributed by atoms with E-state index in [1.165, 1.54) is 26.4 Å². The molecule has 0 radical (unpaired) electrons. The van der Waals surface area contributed by atoms with Gasteiger partial charge >= 0.3 is 5.97 Å². The van der Waals surface area contributed by atoms with Crippen LogP contribution >= 0.6 is 0 Å². The first kappa shape index (κ1) is 18.2. The summed E-state index contributed by atoms with van der Waals surface area (Å²) < 4.78 is 15.3. The van der Waals surface area contributed by atoms with Crippen LogP contribution < -0.4 is 14.8 Å². The third kappa shape index (κ3) is 4.69. The number of benzene rings is 1. The van der Waals surface area contributed by atoms with Crippen molar-refractivity contribution in [3.8, 4) is 11.5 Å². The summed E-state index contributed by atoms with van der Waals surface area (Å²) in [6, 6.07) is 2.65. The fraction of sp³-hybridized carbons (Fsp3) is 0.375. The van der Waals surface area contributed by atoms with E-state index in [4.69, 9.17) is 19.1 Å². The van der Waals surface area contributed by atoms with Crippen LogP contribution in [0.5, 0.6) is 11.5 Å². The van der Waals surface area contributed by atoms with Crippen molar-refractivity contribution < 1.29 is 28.7 Å². The maximum Gasteiger partial charge on any atom is 0.335 e. The number of nitrogens with one attached hydrogen (secondary N) is 1. The van der Waals surface area contributed by atoms with E-state index in [1.54, 1.807) is 6.92 Å². The minimum atomic E-state index is -1.14. The fourth-order valence-corrected chi connectivity index (χ4v) is 2.24. The molecular weight excluding hydrogens is 330 g/mol. The molecule has 2 rings (SSSR count). The third-order valence-electron chi connectivity index (χ3n) is 3.36. The van der Waals surface area contributed by atoms with Gasteiger partial charge in [0.2, 0.25) is 11.8 Å². The summed E-state index contributed by atoms with van der Waals surface area (Å²) in [5, 5.41) is 15.5. The second-order valence-electron chi connectivity index (χ2n) is 5.20. The molecule has 0 atom stereocenters. The number of aromatic nitrogens is 2. The maximum atomic E-state index is 12.1. The van der Waals surface area contributed by atoms with E-state index in [0.717, 1.165) is 0 Å². The predicted molar refractivity (Wildman–Crippen MR) is 87.1 cm³/mol. The zero-order valence-corrected chi connectivity index (χ0v) is 14.2. The molecule has 1 heterocycles. The van der Waals surface area contributed by atoms with E-state index in [1.807, 2.05) is 0 Å². The molecule has 0 saturated heterocycles. The molecule has 1 aromatic heterocycles. The number of carbonyl (C=O) groups is 2. The van der Waals surface area contributed by atoms with Crippen LogP contribution in [-0.2, 0) is 11.2 Å². The average molecular weight is 349 g/mol. The van der Waals surface area contributed by atoms with Crippen molar-refractivity contribution in [2.75, 3.05) is 19.5 Å². The van der Waals surface area contributed by atoms with Gasteiger partial charge in [0.15, 0.2) is 17.3 Å². The number of nitrogens with zero attached hydrogens (tertiary/aromatic N) is 2. The Balaban J connectivity index is 2.05. The Labute approximate surface area is 143 Å². The molecule has 2 aromatic rings. The van der Waals surface area contributed by atoms with Crippen LogP contribution in [0, 0.1) is 6.92 Å². The Kier molecular flexibility index (Phi) is 5.93. The lowest BCUT2D eigenvalue weighted by Gasteiger charge is -2.14. The number of aryl methyl sites for hydroxylation is 2. The highest BCUT2D eigenvalue weighted by Crippen LogP contribution is 2.36. The number of methoxy groups -OCH3 is 2. The van der Waals surface area contributed by atoms with Crippen molar-refractivity contribution in [2.24, 2.45) is 0 Å². The monoisotopic (exact) mass is 349 g/mol. The van der Waals surface area contributed by atoms with Crippen LogP contribution in [0.4, 0.5) is 5.69 Å². The molecule has 1 aromatic carbocycles. The molecule has 0 saturated carbocycles. The van der Waals surface area contributed by atoms with Gasteiger partial charge in [0.25, 0.3) is 0 Å². The first-order valence-corrected chi connectivity index (χ1v) is 7.53. The molecule has 0 aliphatic carbocycles. The summed E-state index contributed by atoms with van der Waals surface area (Å²) in [5.74, 6) is 0.0638. The van der Waals surface area contributed by atoms with Gasteiger partial charge in [-0.25, -0.2) is 4.79 Å². The van der Waals surface area contributed by atoms with Crippen molar-refractivity contribution >= 4 is 17.6 Å². The van der Waals surface area contributed by atoms with Crippen LogP contribution in [0.1, 0.15) is 34.9 Å². The quantitative estimate of drug-likeness (QED) is 0.742. The van der Waals surface area contributed by atoms with Gasteiger partial charge in [-0.05, 0) is 25.5 Å². The second kappa shape index (κ2) is 8.13. The van der Waals surface area contributed by atoms with Crippen LogP contribution in [0.3, 0.4) is 0 Å². The molecule has 0 bridgehead atoms. The Morgan fingerprint density at radius 1 is 1.28 bits per heavy atom. The molecule has 0 fully saturated rings. The Hall–Kier alpha value is -3.10. The zero-order chi connectivity index (χ0) is 18.4. The van der Waals surface area contributed by atoms with E-state index in [-0.39, 0.29) is 35.1 Å². The smallest absolute Gasteiger partial charge is 0.335 e. The average Bonchev–Trinajstić information content (AvgIpc) is 2.99. The maximum absolute atomic E-state index is 12.1. The number of aromatic carboxylic acids is 1. The highest BCUT2D eigenvalue weighted by molar-refractivity contribution is 5.96. The van der Waals surface area contributed by atoms with Gasteiger partial charge in [0.05, 0.1) is 25.5 Å². The topological polar surface area (TPSA) is 124 Å². The normalized spacial score (nSPS) is 10.4. The lowest BCUT2D eigenvalue weighted by Crippen LogP contribution is -2.13. The highest BCUT2D eigenvalue weighted by atomic mass is 16.5. The predicted octanol–water partition coefficient (Wildman–Crippen LogP) is 2.05. The lowest BCUT2D eigenvalue weighted by atomic mass is 10.1. The van der Waals surface area contributed by atoms with Crippen molar-refractivity contribution in [3.63, 3.8) is 0 Å². The summed E-state index contributed by atoms with van der Waals surface area (Å²) in [6.07, 6.45) is 1.18. The molecule has 25 heavy (non-hydrogen) atoms. The summed E-state index contributed by atoms with van der Waals surface area (Å²) in [7, 11) is 2.80. The number of carboxylic acid groups (broad SMARTS) is 1. The van der Waals surface area contributed by atoms with Crippen molar-refractivity contribution in [3.05, 3.63) is 29.4 Å². The standard InChI is InChI=1S/C16H19N3O6/c1-9-17-14(25-19-9)6-4-5-13(20)18-11-7-10(16(21)22)8-12(23-2)15(11)24-3/h7-8H,4-6H2,1-3H3,(H,18,20)(H,21,22). The van der Waals surface area contributed by atoms with Crippen molar-refractivity contribution in [1.29, 1.82) is 0 Å². The van der Waals surface area contributed by atoms with Gasteiger partial charge in [-0.2, -0.15) is 4.98 Å². The van der Waals surface area contributed by atoms with Crippen LogP contribution in [0.25, 0.3) is 0 Å². The summed E-state index contributed by atoms with van der Waals surface area (Å²) >= 11 is 0. The molecule has 0 aliphatic rings. The van der Waals surface area contributed by atoms with Gasteiger partial charge in [-0.3, -0.25) is 4.79 Å². The van der Waals surface area contributed by atoms with Crippen LogP contribution in [-0.4, -0.2) is 41.3 Å².